The zero-order valence-corrected chi connectivity index (χ0v) is 8.29. The Morgan fingerprint density at radius 3 is 3.00 bits per heavy atom. The van der Waals surface area contributed by atoms with Crippen molar-refractivity contribution in [1.82, 2.24) is 15.1 Å². The minimum atomic E-state index is 0.762. The second-order valence-electron chi connectivity index (χ2n) is 2.96. The van der Waals surface area contributed by atoms with E-state index in [1.54, 1.807) is 7.11 Å². The van der Waals surface area contributed by atoms with Gasteiger partial charge in [0.25, 0.3) is 0 Å². The zero-order chi connectivity index (χ0) is 9.52. The van der Waals surface area contributed by atoms with E-state index in [0.29, 0.717) is 0 Å². The van der Waals surface area contributed by atoms with Crippen molar-refractivity contribution < 1.29 is 4.74 Å². The maximum Gasteiger partial charge on any atom is 0.0593 e. The molecule has 0 aromatic carbocycles. The van der Waals surface area contributed by atoms with E-state index < -0.39 is 0 Å². The van der Waals surface area contributed by atoms with Crippen LogP contribution in [-0.2, 0) is 11.3 Å². The Morgan fingerprint density at radius 1 is 1.54 bits per heavy atom. The topological polar surface area (TPSA) is 39.1 Å². The smallest absolute Gasteiger partial charge is 0.0593 e. The van der Waals surface area contributed by atoms with Crippen molar-refractivity contribution in [3.63, 3.8) is 0 Å². The predicted octanol–water partition coefficient (Wildman–Crippen LogP) is 0.428. The van der Waals surface area contributed by atoms with Crippen LogP contribution in [0.3, 0.4) is 0 Å². The summed E-state index contributed by atoms with van der Waals surface area (Å²) in [5, 5.41) is 7.53. The SMILES string of the molecule is COCCNCCn1ccc(C)n1. The van der Waals surface area contributed by atoms with E-state index in [0.717, 1.165) is 31.9 Å². The third-order valence-electron chi connectivity index (χ3n) is 1.77. The van der Waals surface area contributed by atoms with Crippen LogP contribution in [0.1, 0.15) is 5.69 Å². The molecule has 0 bridgehead atoms. The molecule has 0 amide bonds. The highest BCUT2D eigenvalue weighted by Crippen LogP contribution is 1.90. The summed E-state index contributed by atoms with van der Waals surface area (Å²) in [6.07, 6.45) is 1.99. The van der Waals surface area contributed by atoms with Gasteiger partial charge in [0.05, 0.1) is 18.8 Å². The Labute approximate surface area is 78.9 Å². The van der Waals surface area contributed by atoms with Crippen molar-refractivity contribution in [2.24, 2.45) is 0 Å². The summed E-state index contributed by atoms with van der Waals surface area (Å²) in [7, 11) is 1.71. The van der Waals surface area contributed by atoms with Gasteiger partial charge in [0.1, 0.15) is 0 Å². The second-order valence-corrected chi connectivity index (χ2v) is 2.96. The average Bonchev–Trinajstić information content (AvgIpc) is 2.51. The number of rotatable bonds is 6. The van der Waals surface area contributed by atoms with Crippen LogP contribution in [0.2, 0.25) is 0 Å². The lowest BCUT2D eigenvalue weighted by Crippen LogP contribution is -2.23. The fourth-order valence-electron chi connectivity index (χ4n) is 1.08. The lowest BCUT2D eigenvalue weighted by Gasteiger charge is -2.03. The van der Waals surface area contributed by atoms with Gasteiger partial charge in [-0.1, -0.05) is 0 Å². The third-order valence-corrected chi connectivity index (χ3v) is 1.77. The summed E-state index contributed by atoms with van der Waals surface area (Å²) >= 11 is 0. The molecule has 0 fully saturated rings. The van der Waals surface area contributed by atoms with Crippen LogP contribution < -0.4 is 5.32 Å². The van der Waals surface area contributed by atoms with Crippen molar-refractivity contribution in [1.29, 1.82) is 0 Å². The molecular formula is C9H17N3O. The van der Waals surface area contributed by atoms with Crippen LogP contribution in [0, 0.1) is 6.92 Å². The van der Waals surface area contributed by atoms with E-state index >= 15 is 0 Å². The van der Waals surface area contributed by atoms with Crippen LogP contribution in [0.25, 0.3) is 0 Å². The van der Waals surface area contributed by atoms with Gasteiger partial charge in [-0.2, -0.15) is 5.10 Å². The Hall–Kier alpha value is -0.870. The van der Waals surface area contributed by atoms with Crippen molar-refractivity contribution in [3.8, 4) is 0 Å². The number of methoxy groups -OCH3 is 1. The highest BCUT2D eigenvalue weighted by Gasteiger charge is 1.92. The molecule has 0 unspecified atom stereocenters. The first-order valence-electron chi connectivity index (χ1n) is 4.52. The number of nitrogens with one attached hydrogen (secondary N) is 1. The van der Waals surface area contributed by atoms with E-state index in [1.807, 2.05) is 23.9 Å². The normalized spacial score (nSPS) is 10.6. The molecule has 1 heterocycles. The largest absolute Gasteiger partial charge is 0.383 e. The van der Waals surface area contributed by atoms with Crippen LogP contribution >= 0.6 is 0 Å². The van der Waals surface area contributed by atoms with E-state index in [1.165, 1.54) is 0 Å². The standard InChI is InChI=1S/C9H17N3O/c1-9-3-6-12(11-9)7-4-10-5-8-13-2/h3,6,10H,4-5,7-8H2,1-2H3. The molecule has 4 nitrogen and oxygen atoms in total. The molecule has 74 valence electrons. The Kier molecular flexibility index (Phi) is 4.49. The molecule has 0 saturated heterocycles. The summed E-state index contributed by atoms with van der Waals surface area (Å²) < 4.78 is 6.85. The number of hydrogen-bond donors (Lipinski definition) is 1. The van der Waals surface area contributed by atoms with Crippen LogP contribution in [0.5, 0.6) is 0 Å². The van der Waals surface area contributed by atoms with Crippen molar-refractivity contribution in [2.75, 3.05) is 26.8 Å². The van der Waals surface area contributed by atoms with Gasteiger partial charge in [0.2, 0.25) is 0 Å². The van der Waals surface area contributed by atoms with Gasteiger partial charge in [-0.3, -0.25) is 4.68 Å². The van der Waals surface area contributed by atoms with E-state index in [9.17, 15) is 0 Å². The third kappa shape index (κ3) is 4.05. The lowest BCUT2D eigenvalue weighted by molar-refractivity contribution is 0.199. The number of nitrogens with zero attached hydrogens (tertiary/aromatic N) is 2. The highest BCUT2D eigenvalue weighted by molar-refractivity contribution is 4.94. The summed E-state index contributed by atoms with van der Waals surface area (Å²) in [5.41, 5.74) is 1.07. The van der Waals surface area contributed by atoms with Crippen LogP contribution in [0.15, 0.2) is 12.3 Å². The molecule has 13 heavy (non-hydrogen) atoms. The Balaban J connectivity index is 2.06. The van der Waals surface area contributed by atoms with Gasteiger partial charge < -0.3 is 10.1 Å². The number of aromatic nitrogens is 2. The van der Waals surface area contributed by atoms with Gasteiger partial charge in [0.15, 0.2) is 0 Å². The van der Waals surface area contributed by atoms with Gasteiger partial charge in [-0.05, 0) is 13.0 Å². The molecule has 0 saturated carbocycles. The molecule has 1 rings (SSSR count). The summed E-state index contributed by atoms with van der Waals surface area (Å²) in [6, 6.07) is 2.01. The molecule has 1 aromatic rings. The fourth-order valence-corrected chi connectivity index (χ4v) is 1.08. The molecule has 1 aromatic heterocycles. The van der Waals surface area contributed by atoms with E-state index in [4.69, 9.17) is 4.74 Å². The molecular weight excluding hydrogens is 166 g/mol. The van der Waals surface area contributed by atoms with Crippen LogP contribution in [0.4, 0.5) is 0 Å². The highest BCUT2D eigenvalue weighted by atomic mass is 16.5. The minimum absolute atomic E-state index is 0.762. The molecule has 0 spiro atoms. The Morgan fingerprint density at radius 2 is 2.38 bits per heavy atom. The maximum absolute atomic E-state index is 4.91. The lowest BCUT2D eigenvalue weighted by atomic mass is 10.5. The van der Waals surface area contributed by atoms with E-state index in [-0.39, 0.29) is 0 Å². The molecule has 0 radical (unpaired) electrons. The first-order valence-corrected chi connectivity index (χ1v) is 4.52. The zero-order valence-electron chi connectivity index (χ0n) is 8.29. The second kappa shape index (κ2) is 5.72. The summed E-state index contributed by atoms with van der Waals surface area (Å²) in [6.45, 7) is 5.51. The average molecular weight is 183 g/mol. The number of aryl methyl sites for hydroxylation is 1. The molecule has 4 heteroatoms. The maximum atomic E-state index is 4.91. The molecule has 1 N–H and O–H groups in total. The van der Waals surface area contributed by atoms with Gasteiger partial charge in [-0.25, -0.2) is 0 Å². The quantitative estimate of drug-likeness (QED) is 0.650. The first-order chi connectivity index (χ1) is 6.33. The minimum Gasteiger partial charge on any atom is -0.383 e. The van der Waals surface area contributed by atoms with E-state index in [2.05, 4.69) is 10.4 Å². The molecule has 0 aliphatic carbocycles. The Bertz CT molecular complexity index is 235. The van der Waals surface area contributed by atoms with Gasteiger partial charge in [0, 0.05) is 26.4 Å². The van der Waals surface area contributed by atoms with Gasteiger partial charge in [-0.15, -0.1) is 0 Å². The first kappa shape index (κ1) is 10.2. The fraction of sp³-hybridized carbons (Fsp3) is 0.667. The summed E-state index contributed by atoms with van der Waals surface area (Å²) in [4.78, 5) is 0. The molecule has 0 atom stereocenters. The van der Waals surface area contributed by atoms with Crippen molar-refractivity contribution >= 4 is 0 Å². The monoisotopic (exact) mass is 183 g/mol. The van der Waals surface area contributed by atoms with Crippen LogP contribution in [-0.4, -0.2) is 36.6 Å². The predicted molar refractivity (Wildman–Crippen MR) is 51.7 cm³/mol. The molecule has 0 aliphatic rings. The number of ether oxygens (including phenoxy) is 1. The molecule has 0 aliphatic heterocycles. The van der Waals surface area contributed by atoms with Crippen molar-refractivity contribution in [2.45, 2.75) is 13.5 Å². The number of hydrogen-bond acceptors (Lipinski definition) is 3. The summed E-state index contributed by atoms with van der Waals surface area (Å²) in [5.74, 6) is 0. The van der Waals surface area contributed by atoms with Crippen molar-refractivity contribution in [3.05, 3.63) is 18.0 Å². The van der Waals surface area contributed by atoms with Gasteiger partial charge >= 0.3 is 0 Å².